The van der Waals surface area contributed by atoms with E-state index < -0.39 is 76.7 Å². The lowest BCUT2D eigenvalue weighted by molar-refractivity contribution is 0.127. The zero-order valence-corrected chi connectivity index (χ0v) is 32.4. The highest BCUT2D eigenvalue weighted by atomic mass is 19.2. The van der Waals surface area contributed by atoms with Crippen molar-refractivity contribution in [1.82, 2.24) is 40.6 Å². The van der Waals surface area contributed by atoms with E-state index in [0.29, 0.717) is 23.7 Å². The number of hydrogen-bond donors (Lipinski definition) is 4. The van der Waals surface area contributed by atoms with Crippen molar-refractivity contribution in [2.75, 3.05) is 47.7 Å². The molecule has 6 aliphatic rings. The number of amides is 2. The van der Waals surface area contributed by atoms with Crippen molar-refractivity contribution in [3.05, 3.63) is 94.8 Å². The van der Waals surface area contributed by atoms with Gasteiger partial charge in [0.05, 0.1) is 36.6 Å². The van der Waals surface area contributed by atoms with E-state index in [1.165, 1.54) is 10.0 Å². The van der Waals surface area contributed by atoms with Gasteiger partial charge in [-0.25, -0.2) is 61.1 Å². The Morgan fingerprint density at radius 1 is 0.533 bits per heavy atom. The van der Waals surface area contributed by atoms with Gasteiger partial charge in [-0.2, -0.15) is 9.97 Å². The van der Waals surface area contributed by atoms with E-state index in [1.807, 2.05) is 0 Å². The zero-order chi connectivity index (χ0) is 41.6. The first-order chi connectivity index (χ1) is 28.9. The van der Waals surface area contributed by atoms with Crippen LogP contribution in [0.4, 0.5) is 54.7 Å². The maximum absolute atomic E-state index is 16.2. The van der Waals surface area contributed by atoms with Crippen molar-refractivity contribution < 1.29 is 31.1 Å². The maximum Gasteiger partial charge on any atom is 0.358 e. The molecule has 4 aromatic rings. The van der Waals surface area contributed by atoms with E-state index in [2.05, 4.69) is 30.6 Å². The molecule has 2 amide bonds. The van der Waals surface area contributed by atoms with E-state index >= 15 is 22.4 Å². The molecule has 0 bridgehead atoms. The minimum absolute atomic E-state index is 0.0713. The highest BCUT2D eigenvalue weighted by Gasteiger charge is 2.57. The molecular weight excluding hydrogens is 791 g/mol. The second-order valence-electron chi connectivity index (χ2n) is 17.3. The molecule has 0 spiro atoms. The Hall–Kier alpha value is -5.43. The fourth-order valence-electron chi connectivity index (χ4n) is 11.4. The van der Waals surface area contributed by atoms with E-state index in [0.717, 1.165) is 101 Å². The molecule has 6 heterocycles. The summed E-state index contributed by atoms with van der Waals surface area (Å²) in [4.78, 5) is 33.5. The highest BCUT2D eigenvalue weighted by molar-refractivity contribution is 5.80. The summed E-state index contributed by atoms with van der Waals surface area (Å²) in [6.45, 7) is 3.24. The number of nitrogens with zero attached hydrogens (tertiary/aromatic N) is 8. The molecule has 4 aliphatic heterocycles. The summed E-state index contributed by atoms with van der Waals surface area (Å²) in [7, 11) is 0. The monoisotopic (exact) mass is 834 g/mol. The molecule has 13 nitrogen and oxygen atoms in total. The number of rotatable bonds is 6. The van der Waals surface area contributed by atoms with Crippen molar-refractivity contribution in [1.29, 1.82) is 0 Å². The van der Waals surface area contributed by atoms with Crippen LogP contribution in [-0.4, -0.2) is 74.2 Å². The van der Waals surface area contributed by atoms with Gasteiger partial charge in [0.15, 0.2) is 23.3 Å². The van der Waals surface area contributed by atoms with Gasteiger partial charge in [-0.05, 0) is 136 Å². The quantitative estimate of drug-likeness (QED) is 0.178. The topological polar surface area (TPSA) is 158 Å². The third-order valence-corrected chi connectivity index (χ3v) is 13.9. The molecule has 8 atom stereocenters. The number of nitrogens with one attached hydrogen (secondary N) is 2. The first kappa shape index (κ1) is 38.8. The third kappa shape index (κ3) is 6.69. The number of benzene rings is 2. The normalized spacial score (nSPS) is 31.1. The Morgan fingerprint density at radius 3 is 1.22 bits per heavy atom. The van der Waals surface area contributed by atoms with Gasteiger partial charge in [0.2, 0.25) is 11.9 Å². The molecule has 8 unspecified atom stereocenters. The minimum atomic E-state index is -1.07. The molecule has 10 rings (SSSR count). The number of hydrogen-bond acceptors (Lipinski definition) is 11. The van der Waals surface area contributed by atoms with E-state index in [-0.39, 0.29) is 47.7 Å². The summed E-state index contributed by atoms with van der Waals surface area (Å²) < 4.78 is 90.4. The first-order valence-electron chi connectivity index (χ1n) is 20.5. The van der Waals surface area contributed by atoms with Crippen molar-refractivity contribution in [3.8, 4) is 0 Å². The number of carbonyl (C=O) groups excluding carboxylic acids is 1. The van der Waals surface area contributed by atoms with Gasteiger partial charge in [0.25, 0.3) is 0 Å². The lowest BCUT2D eigenvalue weighted by Gasteiger charge is -2.43. The number of nitrogens with two attached hydrogens (primary N) is 2. The number of nitrogen functional groups attached to an aromatic ring is 2. The Morgan fingerprint density at radius 2 is 0.883 bits per heavy atom. The molecule has 2 saturated carbocycles. The average molecular weight is 835 g/mol. The number of urea groups is 1. The molecule has 6 fully saturated rings. The molecule has 316 valence electrons. The summed E-state index contributed by atoms with van der Waals surface area (Å²) in [5.41, 5.74) is 12.3. The molecule has 0 radical (unpaired) electrons. The number of halogens is 6. The van der Waals surface area contributed by atoms with Crippen LogP contribution in [0.15, 0.2) is 48.8 Å². The Bertz CT molecular complexity index is 2100. The maximum atomic E-state index is 16.2. The van der Waals surface area contributed by atoms with Gasteiger partial charge in [0.1, 0.15) is 23.3 Å². The molecule has 4 saturated heterocycles. The Kier molecular flexibility index (Phi) is 9.64. The fraction of sp³-hybridized carbons (Fsp3) is 0.488. The van der Waals surface area contributed by atoms with Crippen LogP contribution in [0.3, 0.4) is 0 Å². The Balaban J connectivity index is 1.16. The van der Waals surface area contributed by atoms with Crippen molar-refractivity contribution >= 4 is 29.6 Å². The van der Waals surface area contributed by atoms with Gasteiger partial charge < -0.3 is 22.1 Å². The van der Waals surface area contributed by atoms with E-state index in [9.17, 15) is 8.78 Å². The lowest BCUT2D eigenvalue weighted by atomic mass is 9.90. The second kappa shape index (κ2) is 14.9. The number of aromatic nitrogens is 4. The molecule has 2 aromatic heterocycles. The van der Waals surface area contributed by atoms with Crippen molar-refractivity contribution in [2.24, 2.45) is 35.5 Å². The van der Waals surface area contributed by atoms with Crippen LogP contribution >= 0.6 is 0 Å². The Labute approximate surface area is 341 Å². The van der Waals surface area contributed by atoms with Gasteiger partial charge in [-0.15, -0.1) is 0 Å². The predicted octanol–water partition coefficient (Wildman–Crippen LogP) is 5.65. The van der Waals surface area contributed by atoms with Crippen LogP contribution in [0.2, 0.25) is 0 Å². The SMILES string of the molecule is Nc1nc(N2C(C3CC4CNCC4C3)CC(c3cc(F)cc(F)c3)N2C(=O)N2C(c3cc(F)cc(F)c3)CC(C3CC4CNCC4C3)N2c2ncc(F)c(N)n2)ncc1F. The molecule has 2 aliphatic carbocycles. The molecule has 6 N–H and O–H groups in total. The number of carbonyl (C=O) groups is 1. The smallest absolute Gasteiger partial charge is 0.358 e. The van der Waals surface area contributed by atoms with E-state index in [1.54, 1.807) is 10.0 Å². The van der Waals surface area contributed by atoms with Crippen molar-refractivity contribution in [2.45, 2.75) is 62.7 Å². The van der Waals surface area contributed by atoms with Gasteiger partial charge >= 0.3 is 6.03 Å². The number of hydrazine groups is 2. The van der Waals surface area contributed by atoms with Gasteiger partial charge in [0, 0.05) is 12.1 Å². The fourth-order valence-corrected chi connectivity index (χ4v) is 11.4. The predicted molar refractivity (Wildman–Crippen MR) is 207 cm³/mol. The average Bonchev–Trinajstić information content (AvgIpc) is 4.04. The van der Waals surface area contributed by atoms with Crippen LogP contribution in [-0.2, 0) is 0 Å². The van der Waals surface area contributed by atoms with Crippen LogP contribution in [0.1, 0.15) is 61.7 Å². The molecular formula is C41H44F6N12O. The van der Waals surface area contributed by atoms with Crippen molar-refractivity contribution in [3.63, 3.8) is 0 Å². The van der Waals surface area contributed by atoms with Crippen LogP contribution in [0.25, 0.3) is 0 Å². The first-order valence-corrected chi connectivity index (χ1v) is 20.5. The highest BCUT2D eigenvalue weighted by Crippen LogP contribution is 2.53. The lowest BCUT2D eigenvalue weighted by Crippen LogP contribution is -2.58. The molecule has 60 heavy (non-hydrogen) atoms. The van der Waals surface area contributed by atoms with E-state index in [4.69, 9.17) is 11.5 Å². The van der Waals surface area contributed by atoms with Gasteiger partial charge in [-0.3, -0.25) is 0 Å². The summed E-state index contributed by atoms with van der Waals surface area (Å²) in [5, 5.41) is 12.6. The molecule has 19 heteroatoms. The number of anilines is 4. The third-order valence-electron chi connectivity index (χ3n) is 13.9. The zero-order valence-electron chi connectivity index (χ0n) is 32.4. The largest absolute Gasteiger partial charge is 0.381 e. The summed E-state index contributed by atoms with van der Waals surface area (Å²) in [6, 6.07) is 2.02. The minimum Gasteiger partial charge on any atom is -0.381 e. The summed E-state index contributed by atoms with van der Waals surface area (Å²) in [6.07, 6.45) is 5.14. The number of fused-ring (bicyclic) bond motifs is 2. The summed E-state index contributed by atoms with van der Waals surface area (Å²) >= 11 is 0. The van der Waals surface area contributed by atoms with Crippen LogP contribution < -0.4 is 32.1 Å². The van der Waals surface area contributed by atoms with Gasteiger partial charge in [-0.1, -0.05) is 0 Å². The molecule has 2 aromatic carbocycles. The summed E-state index contributed by atoms with van der Waals surface area (Å²) in [5.74, 6) is -5.25. The standard InChI is InChI=1S/C41H44F6N12O/c42-27-5-21(6-28(43)9-27)35-11-33(19-1-23-13-50-14-24(23)2-19)56(39-52-17-31(46)37(48)54-39)58(35)41(60)59-36(22-7-29(44)10-30(45)8-22)12-34(20-3-25-15-51-16-26(25)4-20)57(59)40-53-18-32(47)38(49)55-40/h5-10,17-20,23-26,33-36,50-51H,1-4,11-16H2,(H2,48,52,54)(H2,49,53,55). The second-order valence-corrected chi connectivity index (χ2v) is 17.3. The van der Waals surface area contributed by atoms with Crippen LogP contribution in [0, 0.1) is 70.4 Å². The van der Waals surface area contributed by atoms with Crippen LogP contribution in [0.5, 0.6) is 0 Å².